The Morgan fingerprint density at radius 2 is 1.88 bits per heavy atom. The first kappa shape index (κ1) is 15.0. The number of hydrogen-bond donors (Lipinski definition) is 0. The second-order valence-corrected chi connectivity index (χ2v) is 7.59. The van der Waals surface area contributed by atoms with Crippen molar-refractivity contribution in [2.75, 3.05) is 13.1 Å². The van der Waals surface area contributed by atoms with Gasteiger partial charge in [-0.3, -0.25) is 4.90 Å². The number of furan rings is 1. The van der Waals surface area contributed by atoms with Gasteiger partial charge in [-0.1, -0.05) is 42.4 Å². The fourth-order valence-corrected chi connectivity index (χ4v) is 4.33. The van der Waals surface area contributed by atoms with Crippen LogP contribution in [0.3, 0.4) is 0 Å². The Bertz CT molecular complexity index is 976. The predicted octanol–water partition coefficient (Wildman–Crippen LogP) is 3.98. The fourth-order valence-electron chi connectivity index (χ4n) is 3.45. The molecule has 1 aliphatic rings. The van der Waals surface area contributed by atoms with Crippen LogP contribution in [0.4, 0.5) is 0 Å². The van der Waals surface area contributed by atoms with E-state index in [1.54, 1.807) is 11.3 Å². The van der Waals surface area contributed by atoms with Crippen molar-refractivity contribution in [3.05, 3.63) is 35.3 Å². The maximum absolute atomic E-state index is 5.93. The molecule has 128 valence electrons. The molecule has 0 amide bonds. The van der Waals surface area contributed by atoms with Crippen molar-refractivity contribution >= 4 is 27.3 Å². The largest absolute Gasteiger partial charge is 0.453 e. The van der Waals surface area contributed by atoms with E-state index in [1.165, 1.54) is 25.7 Å². The van der Waals surface area contributed by atoms with Gasteiger partial charge in [0.1, 0.15) is 10.6 Å². The van der Waals surface area contributed by atoms with E-state index in [2.05, 4.69) is 15.1 Å². The molecule has 0 saturated carbocycles. The Kier molecular flexibility index (Phi) is 3.75. The number of hydrogen-bond acceptors (Lipinski definition) is 6. The predicted molar refractivity (Wildman–Crippen MR) is 97.6 cm³/mol. The number of aromatic nitrogens is 4. The highest BCUT2D eigenvalue weighted by atomic mass is 32.1. The molecule has 0 radical (unpaired) electrons. The van der Waals surface area contributed by atoms with Crippen LogP contribution in [0.15, 0.2) is 34.7 Å². The summed E-state index contributed by atoms with van der Waals surface area (Å²) in [6.07, 6.45) is 5.26. The first-order valence-electron chi connectivity index (χ1n) is 8.79. The molecule has 1 aliphatic heterocycles. The standard InChI is InChI=1S/C18H19N5OS/c1-2-6-10-22(9-5-1)12-16-21-23-17(19-20-18(23)25-16)15-11-13-7-3-4-8-14(13)24-15/h3-4,7-8,11H,1-2,5-6,9-10,12H2. The van der Waals surface area contributed by atoms with Crippen molar-refractivity contribution in [2.24, 2.45) is 0 Å². The molecule has 5 rings (SSSR count). The summed E-state index contributed by atoms with van der Waals surface area (Å²) >= 11 is 1.62. The van der Waals surface area contributed by atoms with Gasteiger partial charge >= 0.3 is 0 Å². The van der Waals surface area contributed by atoms with Crippen LogP contribution in [0.1, 0.15) is 30.7 Å². The molecule has 0 bridgehead atoms. The number of fused-ring (bicyclic) bond motifs is 2. The van der Waals surface area contributed by atoms with Crippen molar-refractivity contribution in [1.29, 1.82) is 0 Å². The normalized spacial score (nSPS) is 16.6. The zero-order chi connectivity index (χ0) is 16.6. The summed E-state index contributed by atoms with van der Waals surface area (Å²) in [6.45, 7) is 3.22. The quantitative estimate of drug-likeness (QED) is 0.558. The Morgan fingerprint density at radius 3 is 2.72 bits per heavy atom. The molecular formula is C18H19N5OS. The fraction of sp³-hybridized carbons (Fsp3) is 0.389. The summed E-state index contributed by atoms with van der Waals surface area (Å²) < 4.78 is 7.74. The van der Waals surface area contributed by atoms with E-state index in [-0.39, 0.29) is 0 Å². The molecule has 7 heteroatoms. The molecule has 0 N–H and O–H groups in total. The summed E-state index contributed by atoms with van der Waals surface area (Å²) in [6, 6.07) is 9.97. The van der Waals surface area contributed by atoms with Gasteiger partial charge in [-0.05, 0) is 38.1 Å². The average molecular weight is 353 g/mol. The van der Waals surface area contributed by atoms with E-state index >= 15 is 0 Å². The maximum atomic E-state index is 5.93. The second kappa shape index (κ2) is 6.24. The van der Waals surface area contributed by atoms with E-state index < -0.39 is 0 Å². The topological polar surface area (TPSA) is 59.5 Å². The molecule has 4 heterocycles. The lowest BCUT2D eigenvalue weighted by Gasteiger charge is -2.17. The first-order valence-corrected chi connectivity index (χ1v) is 9.61. The molecule has 1 saturated heterocycles. The highest BCUT2D eigenvalue weighted by Gasteiger charge is 2.18. The number of para-hydroxylation sites is 1. The number of nitrogens with zero attached hydrogens (tertiary/aromatic N) is 5. The van der Waals surface area contributed by atoms with Gasteiger partial charge in [0.25, 0.3) is 0 Å². The summed E-state index contributed by atoms with van der Waals surface area (Å²) in [5.41, 5.74) is 0.856. The van der Waals surface area contributed by atoms with Crippen LogP contribution in [-0.2, 0) is 6.54 Å². The van der Waals surface area contributed by atoms with Crippen LogP contribution in [0.25, 0.3) is 27.5 Å². The van der Waals surface area contributed by atoms with Crippen molar-refractivity contribution in [3.63, 3.8) is 0 Å². The number of benzene rings is 1. The van der Waals surface area contributed by atoms with Gasteiger partial charge in [-0.25, -0.2) is 0 Å². The Labute approximate surface area is 149 Å². The Balaban J connectivity index is 1.47. The number of likely N-dealkylation sites (tertiary alicyclic amines) is 1. The summed E-state index contributed by atoms with van der Waals surface area (Å²) in [4.78, 5) is 3.32. The zero-order valence-corrected chi connectivity index (χ0v) is 14.7. The van der Waals surface area contributed by atoms with Gasteiger partial charge in [0.15, 0.2) is 5.76 Å². The van der Waals surface area contributed by atoms with Crippen LogP contribution >= 0.6 is 11.3 Å². The molecular weight excluding hydrogens is 334 g/mol. The minimum absolute atomic E-state index is 0.671. The molecule has 1 aromatic carbocycles. The minimum Gasteiger partial charge on any atom is -0.453 e. The van der Waals surface area contributed by atoms with Crippen molar-refractivity contribution in [2.45, 2.75) is 32.2 Å². The molecule has 0 spiro atoms. The van der Waals surface area contributed by atoms with Crippen LogP contribution in [0.5, 0.6) is 0 Å². The molecule has 25 heavy (non-hydrogen) atoms. The SMILES string of the molecule is c1ccc2oc(-c3nnc4sc(CN5CCCCCC5)nn34)cc2c1. The zero-order valence-electron chi connectivity index (χ0n) is 13.9. The van der Waals surface area contributed by atoms with Gasteiger partial charge in [0, 0.05) is 5.39 Å². The first-order chi connectivity index (χ1) is 12.4. The third-order valence-electron chi connectivity index (χ3n) is 4.74. The van der Waals surface area contributed by atoms with E-state index in [1.807, 2.05) is 34.8 Å². The molecule has 0 unspecified atom stereocenters. The van der Waals surface area contributed by atoms with Crippen LogP contribution in [0.2, 0.25) is 0 Å². The third-order valence-corrected chi connectivity index (χ3v) is 5.62. The summed E-state index contributed by atoms with van der Waals surface area (Å²) in [7, 11) is 0. The third kappa shape index (κ3) is 2.83. The van der Waals surface area contributed by atoms with Crippen LogP contribution in [-0.4, -0.2) is 37.8 Å². The van der Waals surface area contributed by atoms with Gasteiger partial charge in [-0.2, -0.15) is 9.61 Å². The maximum Gasteiger partial charge on any atom is 0.235 e. The van der Waals surface area contributed by atoms with Gasteiger partial charge in [0.05, 0.1) is 6.54 Å². The smallest absolute Gasteiger partial charge is 0.235 e. The van der Waals surface area contributed by atoms with E-state index in [0.717, 1.165) is 40.6 Å². The minimum atomic E-state index is 0.671. The lowest BCUT2D eigenvalue weighted by atomic mass is 10.2. The van der Waals surface area contributed by atoms with Gasteiger partial charge in [0.2, 0.25) is 10.8 Å². The summed E-state index contributed by atoms with van der Waals surface area (Å²) in [5, 5.41) is 15.5. The molecule has 6 nitrogen and oxygen atoms in total. The molecule has 0 aliphatic carbocycles. The van der Waals surface area contributed by atoms with Gasteiger partial charge in [-0.15, -0.1) is 10.2 Å². The lowest BCUT2D eigenvalue weighted by molar-refractivity contribution is 0.275. The number of rotatable bonds is 3. The average Bonchev–Trinajstić information content (AvgIpc) is 3.24. The van der Waals surface area contributed by atoms with Crippen molar-refractivity contribution < 1.29 is 4.42 Å². The lowest BCUT2D eigenvalue weighted by Crippen LogP contribution is -2.23. The van der Waals surface area contributed by atoms with Crippen molar-refractivity contribution in [3.8, 4) is 11.6 Å². The highest BCUT2D eigenvalue weighted by Crippen LogP contribution is 2.28. The van der Waals surface area contributed by atoms with Crippen molar-refractivity contribution in [1.82, 2.24) is 24.7 Å². The Hall–Kier alpha value is -2.25. The van der Waals surface area contributed by atoms with E-state index in [4.69, 9.17) is 9.52 Å². The van der Waals surface area contributed by atoms with E-state index in [9.17, 15) is 0 Å². The Morgan fingerprint density at radius 1 is 1.04 bits per heavy atom. The van der Waals surface area contributed by atoms with Gasteiger partial charge < -0.3 is 4.42 Å². The monoisotopic (exact) mass is 353 g/mol. The molecule has 3 aromatic heterocycles. The van der Waals surface area contributed by atoms with Crippen LogP contribution < -0.4 is 0 Å². The second-order valence-electron chi connectivity index (χ2n) is 6.55. The highest BCUT2D eigenvalue weighted by molar-refractivity contribution is 7.16. The van der Waals surface area contributed by atoms with E-state index in [0.29, 0.717) is 11.6 Å². The summed E-state index contributed by atoms with van der Waals surface area (Å²) in [5.74, 6) is 1.38. The molecule has 1 fully saturated rings. The molecule has 4 aromatic rings. The molecule has 0 atom stereocenters. The van der Waals surface area contributed by atoms with Crippen LogP contribution in [0, 0.1) is 0 Å².